The summed E-state index contributed by atoms with van der Waals surface area (Å²) in [6, 6.07) is 4.58. The molecule has 1 N–H and O–H groups in total. The maximum atomic E-state index is 4.46. The van der Waals surface area contributed by atoms with Crippen molar-refractivity contribution >= 4 is 5.69 Å². The number of anilines is 1. The Bertz CT molecular complexity index is 490. The van der Waals surface area contributed by atoms with Crippen LogP contribution in [0.4, 0.5) is 5.69 Å². The molecule has 0 bridgehead atoms. The van der Waals surface area contributed by atoms with Crippen molar-refractivity contribution < 1.29 is 0 Å². The van der Waals surface area contributed by atoms with Gasteiger partial charge in [-0.1, -0.05) is 39.0 Å². The zero-order chi connectivity index (χ0) is 14.9. The van der Waals surface area contributed by atoms with Crippen LogP contribution in [0.1, 0.15) is 52.4 Å². The first-order valence-electron chi connectivity index (χ1n) is 8.00. The van der Waals surface area contributed by atoms with Crippen LogP contribution in [0.2, 0.25) is 0 Å². The van der Waals surface area contributed by atoms with E-state index in [1.165, 1.54) is 38.5 Å². The van der Waals surface area contributed by atoms with Gasteiger partial charge in [-0.15, -0.1) is 0 Å². The van der Waals surface area contributed by atoms with Gasteiger partial charge in [-0.05, 0) is 25.5 Å². The van der Waals surface area contributed by atoms with E-state index in [1.54, 1.807) is 12.5 Å². The lowest BCUT2D eigenvalue weighted by Gasteiger charge is -2.15. The molecule has 0 radical (unpaired) electrons. The van der Waals surface area contributed by atoms with Crippen LogP contribution >= 0.6 is 0 Å². The third-order valence-electron chi connectivity index (χ3n) is 3.67. The maximum Gasteiger partial charge on any atom is 0.137 e. The minimum absolute atomic E-state index is 0.493. The summed E-state index contributed by atoms with van der Waals surface area (Å²) in [6.07, 6.45) is 15.2. The highest BCUT2D eigenvalue weighted by Crippen LogP contribution is 2.13. The van der Waals surface area contributed by atoms with E-state index in [0.29, 0.717) is 6.04 Å². The normalized spacial score (nSPS) is 12.3. The van der Waals surface area contributed by atoms with Gasteiger partial charge in [0.25, 0.3) is 0 Å². The molecule has 0 aliphatic carbocycles. The molecule has 0 aliphatic rings. The fourth-order valence-corrected chi connectivity index (χ4v) is 2.43. The number of nitrogens with one attached hydrogen (secondary N) is 1. The molecule has 0 amide bonds. The molecule has 1 atom stereocenters. The third kappa shape index (κ3) is 5.21. The Labute approximate surface area is 127 Å². The van der Waals surface area contributed by atoms with Gasteiger partial charge in [-0.2, -0.15) is 0 Å². The highest BCUT2D eigenvalue weighted by molar-refractivity contribution is 5.44. The average molecular weight is 286 g/mol. The molecular weight excluding hydrogens is 260 g/mol. The topological polar surface area (TPSA) is 42.7 Å². The minimum Gasteiger partial charge on any atom is -0.381 e. The van der Waals surface area contributed by atoms with Crippen molar-refractivity contribution in [2.45, 2.75) is 58.4 Å². The summed E-state index contributed by atoms with van der Waals surface area (Å²) in [4.78, 5) is 8.49. The van der Waals surface area contributed by atoms with E-state index in [-0.39, 0.29) is 0 Å². The zero-order valence-electron chi connectivity index (χ0n) is 13.1. The van der Waals surface area contributed by atoms with Gasteiger partial charge in [-0.25, -0.2) is 9.97 Å². The second kappa shape index (κ2) is 8.45. The summed E-state index contributed by atoms with van der Waals surface area (Å²) >= 11 is 0. The maximum absolute atomic E-state index is 4.46. The number of imidazole rings is 1. The molecular formula is C17H26N4. The Kier molecular flexibility index (Phi) is 6.25. The number of pyridine rings is 1. The van der Waals surface area contributed by atoms with Crippen LogP contribution in [-0.2, 0) is 0 Å². The predicted octanol–water partition coefficient (Wildman–Crippen LogP) is 4.43. The van der Waals surface area contributed by atoms with E-state index in [2.05, 4.69) is 35.2 Å². The van der Waals surface area contributed by atoms with Gasteiger partial charge in [-0.3, -0.25) is 4.57 Å². The number of rotatable bonds is 9. The SMILES string of the molecule is CCCCCCCC(C)Nc1ccc(-n2ccnc2)nc1. The van der Waals surface area contributed by atoms with Crippen LogP contribution in [-0.4, -0.2) is 20.6 Å². The monoisotopic (exact) mass is 286 g/mol. The molecule has 0 aromatic carbocycles. The van der Waals surface area contributed by atoms with Crippen molar-refractivity contribution in [3.8, 4) is 5.82 Å². The molecule has 114 valence electrons. The number of hydrogen-bond acceptors (Lipinski definition) is 3. The lowest BCUT2D eigenvalue weighted by molar-refractivity contribution is 0.578. The van der Waals surface area contributed by atoms with Crippen LogP contribution in [0, 0.1) is 0 Å². The first-order chi connectivity index (χ1) is 10.3. The molecule has 0 saturated heterocycles. The molecule has 0 fully saturated rings. The molecule has 2 heterocycles. The molecule has 4 nitrogen and oxygen atoms in total. The molecule has 2 aromatic rings. The Balaban J connectivity index is 1.75. The van der Waals surface area contributed by atoms with Crippen molar-refractivity contribution in [1.82, 2.24) is 14.5 Å². The summed E-state index contributed by atoms with van der Waals surface area (Å²) in [5.74, 6) is 0.894. The summed E-state index contributed by atoms with van der Waals surface area (Å²) in [5, 5.41) is 3.52. The van der Waals surface area contributed by atoms with Gasteiger partial charge in [0.05, 0.1) is 11.9 Å². The molecule has 2 rings (SSSR count). The molecule has 4 heteroatoms. The molecule has 0 saturated carbocycles. The Morgan fingerprint density at radius 1 is 1.19 bits per heavy atom. The summed E-state index contributed by atoms with van der Waals surface area (Å²) < 4.78 is 1.90. The number of unbranched alkanes of at least 4 members (excludes halogenated alkanes) is 4. The Hall–Kier alpha value is -1.84. The Morgan fingerprint density at radius 2 is 2.05 bits per heavy atom. The van der Waals surface area contributed by atoms with Crippen molar-refractivity contribution in [2.24, 2.45) is 0 Å². The highest BCUT2D eigenvalue weighted by atomic mass is 15.1. The van der Waals surface area contributed by atoms with E-state index < -0.39 is 0 Å². The van der Waals surface area contributed by atoms with Crippen molar-refractivity contribution in [3.05, 3.63) is 37.1 Å². The standard InChI is InChI=1S/C17H26N4/c1-3-4-5-6-7-8-15(2)20-16-9-10-17(19-13-16)21-12-11-18-14-21/h9-15,20H,3-8H2,1-2H3. The van der Waals surface area contributed by atoms with Gasteiger partial charge >= 0.3 is 0 Å². The van der Waals surface area contributed by atoms with Gasteiger partial charge < -0.3 is 5.32 Å². The van der Waals surface area contributed by atoms with Gasteiger partial charge in [0.1, 0.15) is 12.1 Å². The van der Waals surface area contributed by atoms with Crippen LogP contribution < -0.4 is 5.32 Å². The molecule has 2 aromatic heterocycles. The van der Waals surface area contributed by atoms with E-state index >= 15 is 0 Å². The van der Waals surface area contributed by atoms with E-state index in [0.717, 1.165) is 11.5 Å². The largest absolute Gasteiger partial charge is 0.381 e. The van der Waals surface area contributed by atoms with Gasteiger partial charge in [0.15, 0.2) is 0 Å². The van der Waals surface area contributed by atoms with Crippen LogP contribution in [0.3, 0.4) is 0 Å². The van der Waals surface area contributed by atoms with Crippen molar-refractivity contribution in [1.29, 1.82) is 0 Å². The molecule has 0 aliphatic heterocycles. The molecule has 1 unspecified atom stereocenters. The van der Waals surface area contributed by atoms with Crippen LogP contribution in [0.15, 0.2) is 37.1 Å². The van der Waals surface area contributed by atoms with Crippen molar-refractivity contribution in [3.63, 3.8) is 0 Å². The number of hydrogen-bond donors (Lipinski definition) is 1. The van der Waals surface area contributed by atoms with Crippen LogP contribution in [0.5, 0.6) is 0 Å². The third-order valence-corrected chi connectivity index (χ3v) is 3.67. The van der Waals surface area contributed by atoms with E-state index in [1.807, 2.05) is 23.0 Å². The quantitative estimate of drug-likeness (QED) is 0.693. The predicted molar refractivity (Wildman–Crippen MR) is 87.8 cm³/mol. The van der Waals surface area contributed by atoms with Crippen molar-refractivity contribution in [2.75, 3.05) is 5.32 Å². The Morgan fingerprint density at radius 3 is 2.71 bits per heavy atom. The van der Waals surface area contributed by atoms with Gasteiger partial charge in [0, 0.05) is 18.4 Å². The fraction of sp³-hybridized carbons (Fsp3) is 0.529. The minimum atomic E-state index is 0.493. The van der Waals surface area contributed by atoms with Crippen LogP contribution in [0.25, 0.3) is 5.82 Å². The lowest BCUT2D eigenvalue weighted by Crippen LogP contribution is -2.15. The zero-order valence-corrected chi connectivity index (χ0v) is 13.1. The fourth-order valence-electron chi connectivity index (χ4n) is 2.43. The highest BCUT2D eigenvalue weighted by Gasteiger charge is 2.03. The first-order valence-corrected chi connectivity index (χ1v) is 8.00. The van der Waals surface area contributed by atoms with E-state index in [4.69, 9.17) is 0 Å². The average Bonchev–Trinajstić information content (AvgIpc) is 3.02. The second-order valence-electron chi connectivity index (χ2n) is 5.62. The molecule has 21 heavy (non-hydrogen) atoms. The number of aromatic nitrogens is 3. The lowest BCUT2D eigenvalue weighted by atomic mass is 10.1. The first kappa shape index (κ1) is 15.5. The second-order valence-corrected chi connectivity index (χ2v) is 5.62. The van der Waals surface area contributed by atoms with E-state index in [9.17, 15) is 0 Å². The molecule has 0 spiro atoms. The smallest absolute Gasteiger partial charge is 0.137 e. The summed E-state index contributed by atoms with van der Waals surface area (Å²) in [5.41, 5.74) is 1.08. The summed E-state index contributed by atoms with van der Waals surface area (Å²) in [6.45, 7) is 4.49. The number of nitrogens with zero attached hydrogens (tertiary/aromatic N) is 3. The summed E-state index contributed by atoms with van der Waals surface area (Å²) in [7, 11) is 0. The van der Waals surface area contributed by atoms with Gasteiger partial charge in [0.2, 0.25) is 0 Å².